The fourth-order valence-electron chi connectivity index (χ4n) is 3.11. The summed E-state index contributed by atoms with van der Waals surface area (Å²) in [7, 11) is 1.83. The Morgan fingerprint density at radius 2 is 1.91 bits per heavy atom. The van der Waals surface area contributed by atoms with Gasteiger partial charge in [-0.25, -0.2) is 0 Å². The first-order valence-electron chi connectivity index (χ1n) is 8.57. The second kappa shape index (κ2) is 6.12. The van der Waals surface area contributed by atoms with E-state index in [1.807, 2.05) is 24.3 Å². The van der Waals surface area contributed by atoms with Crippen molar-refractivity contribution in [3.05, 3.63) is 24.3 Å². The lowest BCUT2D eigenvalue weighted by Gasteiger charge is -2.32. The van der Waals surface area contributed by atoms with E-state index in [1.54, 1.807) is 0 Å². The summed E-state index contributed by atoms with van der Waals surface area (Å²) in [6.07, 6.45) is 2.48. The van der Waals surface area contributed by atoms with E-state index in [9.17, 15) is 0 Å². The summed E-state index contributed by atoms with van der Waals surface area (Å²) in [6, 6.07) is 8.61. The van der Waals surface area contributed by atoms with Crippen LogP contribution in [0.25, 0.3) is 0 Å². The molecular weight excluding hydrogens is 289 g/mol. The van der Waals surface area contributed by atoms with Gasteiger partial charge in [-0.3, -0.25) is 0 Å². The Balaban J connectivity index is 1.66. The Kier molecular flexibility index (Phi) is 4.47. The highest BCUT2D eigenvalue weighted by Crippen LogP contribution is 2.36. The average Bonchev–Trinajstić information content (AvgIpc) is 2.98. The number of likely N-dealkylation sites (N-methyl/N-ethyl adjacent to an activating group) is 1. The number of benzene rings is 1. The Bertz CT molecular complexity index is 545. The van der Waals surface area contributed by atoms with Gasteiger partial charge in [-0.2, -0.15) is 0 Å². The van der Waals surface area contributed by atoms with Gasteiger partial charge >= 0.3 is 7.12 Å². The molecule has 2 heterocycles. The summed E-state index contributed by atoms with van der Waals surface area (Å²) in [5, 5.41) is 0. The molecule has 0 spiro atoms. The van der Waals surface area contributed by atoms with Gasteiger partial charge in [0.25, 0.3) is 0 Å². The molecule has 23 heavy (non-hydrogen) atoms. The summed E-state index contributed by atoms with van der Waals surface area (Å²) in [5.74, 6) is 0.887. The maximum absolute atomic E-state index is 6.11. The second-order valence-corrected chi connectivity index (χ2v) is 7.75. The molecule has 126 valence electrons. The van der Waals surface area contributed by atoms with Crippen LogP contribution in [0, 0.1) is 0 Å². The molecule has 2 aliphatic rings. The molecule has 0 N–H and O–H groups in total. The van der Waals surface area contributed by atoms with Gasteiger partial charge < -0.3 is 18.9 Å². The highest BCUT2D eigenvalue weighted by atomic mass is 16.7. The summed E-state index contributed by atoms with van der Waals surface area (Å²) < 4.78 is 18.2. The highest BCUT2D eigenvalue weighted by Gasteiger charge is 2.51. The molecule has 1 atom stereocenters. The predicted octanol–water partition coefficient (Wildman–Crippen LogP) is 2.46. The van der Waals surface area contributed by atoms with E-state index in [1.165, 1.54) is 19.4 Å². The third-order valence-corrected chi connectivity index (χ3v) is 5.50. The number of likely N-dealkylation sites (tertiary alicyclic amines) is 1. The van der Waals surface area contributed by atoms with Gasteiger partial charge in [-0.05, 0) is 71.7 Å². The first-order valence-corrected chi connectivity index (χ1v) is 8.57. The van der Waals surface area contributed by atoms with Crippen molar-refractivity contribution in [3.63, 3.8) is 0 Å². The van der Waals surface area contributed by atoms with Crippen LogP contribution in [0.2, 0.25) is 0 Å². The first kappa shape index (κ1) is 16.8. The minimum absolute atomic E-state index is 0.318. The van der Waals surface area contributed by atoms with Crippen LogP contribution < -0.4 is 10.2 Å². The van der Waals surface area contributed by atoms with Gasteiger partial charge in [0, 0.05) is 6.04 Å². The lowest BCUT2D eigenvalue weighted by atomic mass is 9.79. The molecule has 2 fully saturated rings. The monoisotopic (exact) mass is 317 g/mol. The Labute approximate surface area is 140 Å². The number of nitrogens with zero attached hydrogens (tertiary/aromatic N) is 1. The fraction of sp³-hybridized carbons (Fsp3) is 0.667. The molecule has 0 radical (unpaired) electrons. The Hall–Kier alpha value is -1.04. The molecule has 2 aliphatic heterocycles. The van der Waals surface area contributed by atoms with Crippen molar-refractivity contribution in [2.75, 3.05) is 20.2 Å². The zero-order chi connectivity index (χ0) is 16.7. The topological polar surface area (TPSA) is 30.9 Å². The third-order valence-electron chi connectivity index (χ3n) is 5.50. The lowest BCUT2D eigenvalue weighted by Crippen LogP contribution is -2.41. The zero-order valence-electron chi connectivity index (χ0n) is 15.0. The molecule has 4 nitrogen and oxygen atoms in total. The Morgan fingerprint density at radius 1 is 1.22 bits per heavy atom. The molecule has 2 saturated heterocycles. The van der Waals surface area contributed by atoms with Crippen LogP contribution in [-0.4, -0.2) is 49.5 Å². The molecule has 1 aromatic rings. The average molecular weight is 317 g/mol. The highest BCUT2D eigenvalue weighted by molar-refractivity contribution is 6.62. The predicted molar refractivity (Wildman–Crippen MR) is 93.3 cm³/mol. The van der Waals surface area contributed by atoms with Gasteiger partial charge in [-0.15, -0.1) is 0 Å². The molecule has 0 saturated carbocycles. The zero-order valence-corrected chi connectivity index (χ0v) is 15.0. The van der Waals surface area contributed by atoms with Crippen molar-refractivity contribution in [3.8, 4) is 5.75 Å². The van der Waals surface area contributed by atoms with Crippen molar-refractivity contribution < 1.29 is 14.0 Å². The summed E-state index contributed by atoms with van der Waals surface area (Å²) in [5.41, 5.74) is 0.378. The van der Waals surface area contributed by atoms with Crippen LogP contribution in [0.15, 0.2) is 24.3 Å². The van der Waals surface area contributed by atoms with E-state index in [0.29, 0.717) is 6.04 Å². The standard InChI is InChI=1S/C18H28BNO3/c1-17(2)18(3,4)23-19(22-17)14-8-6-10-16(12-14)21-13-15-9-7-11-20(15)5/h6,8,10,12,15H,7,9,11,13H2,1-5H3. The van der Waals surface area contributed by atoms with Crippen molar-refractivity contribution in [1.29, 1.82) is 0 Å². The molecule has 5 heteroatoms. The number of hydrogen-bond acceptors (Lipinski definition) is 4. The number of rotatable bonds is 4. The number of ether oxygens (including phenoxy) is 1. The molecule has 0 aliphatic carbocycles. The summed E-state index contributed by atoms with van der Waals surface area (Å²) in [6.45, 7) is 10.2. The maximum atomic E-state index is 6.11. The third kappa shape index (κ3) is 3.42. The second-order valence-electron chi connectivity index (χ2n) is 7.75. The van der Waals surface area contributed by atoms with Gasteiger partial charge in [0.05, 0.1) is 11.2 Å². The van der Waals surface area contributed by atoms with Crippen molar-refractivity contribution >= 4 is 12.6 Å². The van der Waals surface area contributed by atoms with E-state index in [4.69, 9.17) is 14.0 Å². The van der Waals surface area contributed by atoms with Crippen LogP contribution >= 0.6 is 0 Å². The van der Waals surface area contributed by atoms with E-state index < -0.39 is 0 Å². The number of hydrogen-bond donors (Lipinski definition) is 0. The van der Waals surface area contributed by atoms with Gasteiger partial charge in [0.1, 0.15) is 12.4 Å². The Morgan fingerprint density at radius 3 is 2.52 bits per heavy atom. The smallest absolute Gasteiger partial charge is 0.492 e. The molecule has 1 aromatic carbocycles. The SMILES string of the molecule is CN1CCCC1COc1cccc(B2OC(C)(C)C(C)(C)O2)c1. The van der Waals surface area contributed by atoms with Gasteiger partial charge in [-0.1, -0.05) is 12.1 Å². The minimum atomic E-state index is -0.335. The quantitative estimate of drug-likeness (QED) is 0.798. The van der Waals surface area contributed by atoms with Crippen LogP contribution in [0.3, 0.4) is 0 Å². The molecule has 1 unspecified atom stereocenters. The van der Waals surface area contributed by atoms with Crippen LogP contribution in [0.1, 0.15) is 40.5 Å². The maximum Gasteiger partial charge on any atom is 0.494 e. The minimum Gasteiger partial charge on any atom is -0.492 e. The fourth-order valence-corrected chi connectivity index (χ4v) is 3.11. The largest absolute Gasteiger partial charge is 0.494 e. The van der Waals surface area contributed by atoms with Gasteiger partial charge in [0.2, 0.25) is 0 Å². The molecule has 3 rings (SSSR count). The van der Waals surface area contributed by atoms with Crippen molar-refractivity contribution in [1.82, 2.24) is 4.90 Å². The molecular formula is C18H28BNO3. The van der Waals surface area contributed by atoms with Crippen LogP contribution in [-0.2, 0) is 9.31 Å². The van der Waals surface area contributed by atoms with E-state index in [-0.39, 0.29) is 18.3 Å². The summed E-state index contributed by atoms with van der Waals surface area (Å²) in [4.78, 5) is 2.37. The lowest BCUT2D eigenvalue weighted by molar-refractivity contribution is 0.00578. The molecule has 0 bridgehead atoms. The van der Waals surface area contributed by atoms with Crippen molar-refractivity contribution in [2.24, 2.45) is 0 Å². The normalized spacial score (nSPS) is 26.7. The summed E-state index contributed by atoms with van der Waals surface area (Å²) >= 11 is 0. The van der Waals surface area contributed by atoms with Crippen LogP contribution in [0.5, 0.6) is 5.75 Å². The van der Waals surface area contributed by atoms with E-state index >= 15 is 0 Å². The van der Waals surface area contributed by atoms with Gasteiger partial charge in [0.15, 0.2) is 0 Å². The van der Waals surface area contributed by atoms with Crippen LogP contribution in [0.4, 0.5) is 0 Å². The van der Waals surface area contributed by atoms with E-state index in [2.05, 4.69) is 39.6 Å². The molecule has 0 aromatic heterocycles. The van der Waals surface area contributed by atoms with E-state index in [0.717, 1.165) is 17.8 Å². The first-order chi connectivity index (χ1) is 10.8. The van der Waals surface area contributed by atoms with Crippen molar-refractivity contribution in [2.45, 2.75) is 57.8 Å². The molecule has 0 amide bonds.